The Hall–Kier alpha value is -1.06. The van der Waals surface area contributed by atoms with Crippen LogP contribution in [0.2, 0.25) is 0 Å². The molecule has 0 aromatic carbocycles. The number of nitrogens with zero attached hydrogens (tertiary/aromatic N) is 1. The van der Waals surface area contributed by atoms with Gasteiger partial charge in [0.05, 0.1) is 11.8 Å². The second-order valence-electron chi connectivity index (χ2n) is 4.60. The first-order valence-corrected chi connectivity index (χ1v) is 6.05. The normalized spacial score (nSPS) is 25.1. The van der Waals surface area contributed by atoms with Crippen LogP contribution in [0, 0.1) is 11.8 Å². The van der Waals surface area contributed by atoms with Crippen molar-refractivity contribution in [1.29, 1.82) is 0 Å². The van der Waals surface area contributed by atoms with Crippen LogP contribution in [0.5, 0.6) is 0 Å². The average Bonchev–Trinajstić information content (AvgIpc) is 2.28. The fourth-order valence-corrected chi connectivity index (χ4v) is 2.45. The Labute approximate surface area is 96.6 Å². The molecule has 0 spiro atoms. The molecule has 1 aliphatic carbocycles. The number of carboxylic acid groups (broad SMARTS) is 1. The van der Waals surface area contributed by atoms with Crippen LogP contribution in [-0.4, -0.2) is 35.5 Å². The number of carbonyl (C=O) groups is 2. The minimum absolute atomic E-state index is 0.00829. The van der Waals surface area contributed by atoms with Gasteiger partial charge in [-0.25, -0.2) is 0 Å². The van der Waals surface area contributed by atoms with E-state index >= 15 is 0 Å². The Morgan fingerprint density at radius 2 is 1.81 bits per heavy atom. The first-order chi connectivity index (χ1) is 7.57. The van der Waals surface area contributed by atoms with Gasteiger partial charge in [0.2, 0.25) is 5.91 Å². The van der Waals surface area contributed by atoms with Gasteiger partial charge in [-0.05, 0) is 19.3 Å². The largest absolute Gasteiger partial charge is 0.481 e. The Morgan fingerprint density at radius 3 is 2.31 bits per heavy atom. The molecule has 1 rings (SSSR count). The molecule has 0 aromatic rings. The van der Waals surface area contributed by atoms with Gasteiger partial charge in [-0.15, -0.1) is 0 Å². The van der Waals surface area contributed by atoms with Crippen molar-refractivity contribution >= 4 is 11.9 Å². The summed E-state index contributed by atoms with van der Waals surface area (Å²) in [6, 6.07) is 0. The SMILES string of the molecule is CCCN(C)C(=O)C1CCCCC1C(=O)O. The van der Waals surface area contributed by atoms with Crippen molar-refractivity contribution in [2.45, 2.75) is 39.0 Å². The first-order valence-electron chi connectivity index (χ1n) is 6.05. The van der Waals surface area contributed by atoms with Gasteiger partial charge in [-0.1, -0.05) is 19.8 Å². The molecule has 1 aliphatic rings. The zero-order chi connectivity index (χ0) is 12.1. The van der Waals surface area contributed by atoms with Gasteiger partial charge in [0.25, 0.3) is 0 Å². The van der Waals surface area contributed by atoms with Crippen LogP contribution in [0.4, 0.5) is 0 Å². The summed E-state index contributed by atoms with van der Waals surface area (Å²) >= 11 is 0. The van der Waals surface area contributed by atoms with E-state index in [1.54, 1.807) is 11.9 Å². The number of carboxylic acids is 1. The Morgan fingerprint density at radius 1 is 1.25 bits per heavy atom. The van der Waals surface area contributed by atoms with Gasteiger partial charge >= 0.3 is 5.97 Å². The van der Waals surface area contributed by atoms with Crippen LogP contribution in [0.25, 0.3) is 0 Å². The highest BCUT2D eigenvalue weighted by Crippen LogP contribution is 2.31. The van der Waals surface area contributed by atoms with Gasteiger partial charge in [0.1, 0.15) is 0 Å². The van der Waals surface area contributed by atoms with Crippen molar-refractivity contribution in [1.82, 2.24) is 4.90 Å². The fourth-order valence-electron chi connectivity index (χ4n) is 2.45. The quantitative estimate of drug-likeness (QED) is 0.796. The summed E-state index contributed by atoms with van der Waals surface area (Å²) in [6.07, 6.45) is 4.18. The van der Waals surface area contributed by atoms with E-state index in [2.05, 4.69) is 0 Å². The van der Waals surface area contributed by atoms with E-state index in [0.717, 1.165) is 25.7 Å². The van der Waals surface area contributed by atoms with E-state index < -0.39 is 11.9 Å². The summed E-state index contributed by atoms with van der Waals surface area (Å²) < 4.78 is 0. The predicted molar refractivity (Wildman–Crippen MR) is 61.0 cm³/mol. The summed E-state index contributed by atoms with van der Waals surface area (Å²) in [5, 5.41) is 9.10. The van der Waals surface area contributed by atoms with Gasteiger partial charge < -0.3 is 10.0 Å². The van der Waals surface area contributed by atoms with Gasteiger partial charge in [-0.2, -0.15) is 0 Å². The molecule has 2 unspecified atom stereocenters. The molecule has 0 aromatic heterocycles. The lowest BCUT2D eigenvalue weighted by molar-refractivity contribution is -0.151. The molecule has 0 bridgehead atoms. The highest BCUT2D eigenvalue weighted by atomic mass is 16.4. The van der Waals surface area contributed by atoms with E-state index in [9.17, 15) is 9.59 Å². The summed E-state index contributed by atoms with van der Waals surface area (Å²) in [5.41, 5.74) is 0. The lowest BCUT2D eigenvalue weighted by atomic mass is 9.78. The van der Waals surface area contributed by atoms with Crippen LogP contribution in [0.15, 0.2) is 0 Å². The van der Waals surface area contributed by atoms with Crippen LogP contribution < -0.4 is 0 Å². The van der Waals surface area contributed by atoms with Crippen molar-refractivity contribution in [2.24, 2.45) is 11.8 Å². The van der Waals surface area contributed by atoms with E-state index in [4.69, 9.17) is 5.11 Å². The van der Waals surface area contributed by atoms with Gasteiger partial charge in [0.15, 0.2) is 0 Å². The highest BCUT2D eigenvalue weighted by molar-refractivity contribution is 5.84. The number of carbonyl (C=O) groups excluding carboxylic acids is 1. The topological polar surface area (TPSA) is 57.6 Å². The second kappa shape index (κ2) is 5.87. The minimum Gasteiger partial charge on any atom is -0.481 e. The van der Waals surface area contributed by atoms with Crippen LogP contribution in [0.3, 0.4) is 0 Å². The molecule has 1 saturated carbocycles. The third kappa shape index (κ3) is 2.97. The Balaban J connectivity index is 2.67. The van der Waals surface area contributed by atoms with E-state index in [0.29, 0.717) is 13.0 Å². The monoisotopic (exact) mass is 227 g/mol. The molecular weight excluding hydrogens is 206 g/mol. The molecule has 1 N–H and O–H groups in total. The summed E-state index contributed by atoms with van der Waals surface area (Å²) in [4.78, 5) is 24.8. The average molecular weight is 227 g/mol. The third-order valence-electron chi connectivity index (χ3n) is 3.34. The van der Waals surface area contributed by atoms with Crippen molar-refractivity contribution in [2.75, 3.05) is 13.6 Å². The van der Waals surface area contributed by atoms with Crippen LogP contribution >= 0.6 is 0 Å². The van der Waals surface area contributed by atoms with Gasteiger partial charge in [-0.3, -0.25) is 9.59 Å². The molecule has 0 saturated heterocycles. The summed E-state index contributed by atoms with van der Waals surface area (Å²) in [7, 11) is 1.76. The number of rotatable bonds is 4. The molecule has 0 radical (unpaired) electrons. The molecule has 0 heterocycles. The van der Waals surface area contributed by atoms with E-state index in [-0.39, 0.29) is 11.8 Å². The lowest BCUT2D eigenvalue weighted by Gasteiger charge is -2.30. The zero-order valence-electron chi connectivity index (χ0n) is 10.1. The summed E-state index contributed by atoms with van der Waals surface area (Å²) in [6.45, 7) is 2.72. The highest BCUT2D eigenvalue weighted by Gasteiger charge is 2.36. The third-order valence-corrected chi connectivity index (χ3v) is 3.34. The first kappa shape index (κ1) is 13.0. The van der Waals surface area contributed by atoms with Crippen molar-refractivity contribution < 1.29 is 14.7 Å². The van der Waals surface area contributed by atoms with Crippen LogP contribution in [0.1, 0.15) is 39.0 Å². The smallest absolute Gasteiger partial charge is 0.307 e. The van der Waals surface area contributed by atoms with Gasteiger partial charge in [0, 0.05) is 13.6 Å². The number of hydrogen-bond donors (Lipinski definition) is 1. The Kier molecular flexibility index (Phi) is 4.77. The molecular formula is C12H21NO3. The van der Waals surface area contributed by atoms with Crippen molar-refractivity contribution in [3.05, 3.63) is 0 Å². The van der Waals surface area contributed by atoms with E-state index in [1.165, 1.54) is 0 Å². The molecule has 1 fully saturated rings. The Bertz CT molecular complexity index is 265. The zero-order valence-corrected chi connectivity index (χ0v) is 10.1. The second-order valence-corrected chi connectivity index (χ2v) is 4.60. The molecule has 16 heavy (non-hydrogen) atoms. The van der Waals surface area contributed by atoms with Crippen molar-refractivity contribution in [3.63, 3.8) is 0 Å². The standard InChI is InChI=1S/C12H21NO3/c1-3-8-13(2)11(14)9-6-4-5-7-10(9)12(15)16/h9-10H,3-8H2,1-2H3,(H,15,16). The summed E-state index contributed by atoms with van der Waals surface area (Å²) in [5.74, 6) is -1.58. The number of hydrogen-bond acceptors (Lipinski definition) is 2. The van der Waals surface area contributed by atoms with Crippen molar-refractivity contribution in [3.8, 4) is 0 Å². The number of amides is 1. The molecule has 0 aliphatic heterocycles. The molecule has 4 heteroatoms. The lowest BCUT2D eigenvalue weighted by Crippen LogP contribution is -2.41. The fraction of sp³-hybridized carbons (Fsp3) is 0.833. The maximum atomic E-state index is 12.1. The molecule has 1 amide bonds. The molecule has 4 nitrogen and oxygen atoms in total. The minimum atomic E-state index is -0.817. The molecule has 92 valence electrons. The van der Waals surface area contributed by atoms with E-state index in [1.807, 2.05) is 6.92 Å². The predicted octanol–water partition coefficient (Wildman–Crippen LogP) is 1.75. The molecule has 2 atom stereocenters. The number of aliphatic carboxylic acids is 1. The maximum Gasteiger partial charge on any atom is 0.307 e. The maximum absolute atomic E-state index is 12.1. The van der Waals surface area contributed by atoms with Crippen LogP contribution in [-0.2, 0) is 9.59 Å².